The van der Waals surface area contributed by atoms with Crippen molar-refractivity contribution < 1.29 is 18.3 Å². The molecule has 1 aliphatic rings. The smallest absolute Gasteiger partial charge is 0.161 e. The maximum Gasteiger partial charge on any atom is 0.161 e. The van der Waals surface area contributed by atoms with Crippen LogP contribution in [0.5, 0.6) is 5.75 Å². The molecule has 0 aliphatic heterocycles. The van der Waals surface area contributed by atoms with Crippen molar-refractivity contribution in [2.45, 2.75) is 18.9 Å². The highest BCUT2D eigenvalue weighted by molar-refractivity contribution is 5.50. The van der Waals surface area contributed by atoms with Crippen LogP contribution in [0.25, 0.3) is 0 Å². The molecular formula is C15H12F3NO. The first-order valence-electron chi connectivity index (χ1n) is 6.27. The summed E-state index contributed by atoms with van der Waals surface area (Å²) in [7, 11) is 0. The molecule has 104 valence electrons. The number of anilines is 1. The fraction of sp³-hybridized carbons (Fsp3) is 0.200. The van der Waals surface area contributed by atoms with Crippen LogP contribution in [0.1, 0.15) is 23.6 Å². The first-order valence-corrected chi connectivity index (χ1v) is 6.27. The average molecular weight is 279 g/mol. The molecule has 2 aromatic rings. The lowest BCUT2D eigenvalue weighted by Crippen LogP contribution is -2.09. The zero-order valence-corrected chi connectivity index (χ0v) is 10.5. The van der Waals surface area contributed by atoms with Crippen LogP contribution in [0, 0.1) is 17.5 Å². The molecule has 0 amide bonds. The number of hydrogen-bond acceptors (Lipinski definition) is 2. The first-order chi connectivity index (χ1) is 9.54. The zero-order chi connectivity index (χ0) is 14.3. The van der Waals surface area contributed by atoms with E-state index in [9.17, 15) is 18.3 Å². The lowest BCUT2D eigenvalue weighted by Gasteiger charge is -2.16. The maximum atomic E-state index is 13.6. The van der Waals surface area contributed by atoms with Gasteiger partial charge < -0.3 is 10.4 Å². The van der Waals surface area contributed by atoms with Gasteiger partial charge in [-0.2, -0.15) is 0 Å². The molecule has 0 radical (unpaired) electrons. The van der Waals surface area contributed by atoms with Crippen molar-refractivity contribution in [2.75, 3.05) is 5.32 Å². The van der Waals surface area contributed by atoms with Crippen molar-refractivity contribution in [1.82, 2.24) is 0 Å². The molecule has 2 N–H and O–H groups in total. The van der Waals surface area contributed by atoms with Crippen LogP contribution >= 0.6 is 0 Å². The molecule has 0 saturated heterocycles. The Morgan fingerprint density at radius 3 is 2.55 bits per heavy atom. The van der Waals surface area contributed by atoms with E-state index in [2.05, 4.69) is 5.32 Å². The lowest BCUT2D eigenvalue weighted by atomic mass is 10.1. The number of fused-ring (bicyclic) bond motifs is 1. The third kappa shape index (κ3) is 2.19. The van der Waals surface area contributed by atoms with Gasteiger partial charge in [0.05, 0.1) is 11.7 Å². The Morgan fingerprint density at radius 2 is 1.75 bits per heavy atom. The van der Waals surface area contributed by atoms with Gasteiger partial charge in [0, 0.05) is 12.1 Å². The predicted molar refractivity (Wildman–Crippen MR) is 69.1 cm³/mol. The predicted octanol–water partition coefficient (Wildman–Crippen LogP) is 3.91. The van der Waals surface area contributed by atoms with Gasteiger partial charge >= 0.3 is 0 Å². The molecule has 0 fully saturated rings. The molecule has 5 heteroatoms. The number of aromatic hydroxyl groups is 1. The summed E-state index contributed by atoms with van der Waals surface area (Å²) in [4.78, 5) is 0. The van der Waals surface area contributed by atoms with Crippen molar-refractivity contribution >= 4 is 5.69 Å². The molecule has 2 nitrogen and oxygen atoms in total. The fourth-order valence-corrected chi connectivity index (χ4v) is 2.57. The maximum absolute atomic E-state index is 13.6. The molecule has 1 atom stereocenters. The third-order valence-electron chi connectivity index (χ3n) is 3.54. The van der Waals surface area contributed by atoms with Crippen LogP contribution in [0.3, 0.4) is 0 Å². The second kappa shape index (κ2) is 4.74. The van der Waals surface area contributed by atoms with Crippen LogP contribution in [0.2, 0.25) is 0 Å². The zero-order valence-electron chi connectivity index (χ0n) is 10.5. The fourth-order valence-electron chi connectivity index (χ4n) is 2.57. The molecule has 1 aliphatic carbocycles. The van der Waals surface area contributed by atoms with Crippen LogP contribution in [0.4, 0.5) is 18.9 Å². The van der Waals surface area contributed by atoms with Crippen LogP contribution in [-0.2, 0) is 6.42 Å². The standard InChI is InChI=1S/C15H12F3NO/c16-11-6-13(18)15(7-12(11)17)19-14-4-1-8-5-9(20)2-3-10(8)14/h2-3,5-7,14,19-20H,1,4H2. The Balaban J connectivity index is 1.89. The second-order valence-electron chi connectivity index (χ2n) is 4.86. The normalized spacial score (nSPS) is 17.1. The minimum Gasteiger partial charge on any atom is -0.508 e. The Kier molecular flexibility index (Phi) is 3.04. The summed E-state index contributed by atoms with van der Waals surface area (Å²) in [6, 6.07) is 6.16. The minimum absolute atomic E-state index is 0.0603. The van der Waals surface area contributed by atoms with Gasteiger partial charge in [0.25, 0.3) is 0 Å². The van der Waals surface area contributed by atoms with Gasteiger partial charge in [0.2, 0.25) is 0 Å². The van der Waals surface area contributed by atoms with E-state index in [0.29, 0.717) is 12.5 Å². The number of rotatable bonds is 2. The van der Waals surface area contributed by atoms with Gasteiger partial charge in [-0.25, -0.2) is 13.2 Å². The van der Waals surface area contributed by atoms with Crippen molar-refractivity contribution in [1.29, 1.82) is 0 Å². The Morgan fingerprint density at radius 1 is 1.00 bits per heavy atom. The molecule has 0 heterocycles. The van der Waals surface area contributed by atoms with Crippen molar-refractivity contribution in [2.24, 2.45) is 0 Å². The van der Waals surface area contributed by atoms with E-state index in [1.54, 1.807) is 18.2 Å². The molecular weight excluding hydrogens is 267 g/mol. The molecule has 0 spiro atoms. The van der Waals surface area contributed by atoms with E-state index in [1.165, 1.54) is 0 Å². The molecule has 20 heavy (non-hydrogen) atoms. The van der Waals surface area contributed by atoms with Gasteiger partial charge in [-0.15, -0.1) is 0 Å². The number of halogens is 3. The number of nitrogens with one attached hydrogen (secondary N) is 1. The molecule has 0 aromatic heterocycles. The highest BCUT2D eigenvalue weighted by atomic mass is 19.2. The first kappa shape index (κ1) is 12.8. The summed E-state index contributed by atoms with van der Waals surface area (Å²) in [6.07, 6.45) is 1.45. The van der Waals surface area contributed by atoms with Crippen LogP contribution in [-0.4, -0.2) is 5.11 Å². The summed E-state index contributed by atoms with van der Waals surface area (Å²) in [5, 5.41) is 12.3. The number of phenols is 1. The van der Waals surface area contributed by atoms with E-state index in [0.717, 1.165) is 23.6 Å². The van der Waals surface area contributed by atoms with E-state index < -0.39 is 17.5 Å². The SMILES string of the molecule is Oc1ccc2c(c1)CCC2Nc1cc(F)c(F)cc1F. The van der Waals surface area contributed by atoms with Gasteiger partial charge in [-0.1, -0.05) is 6.07 Å². The Labute approximate surface area is 113 Å². The summed E-state index contributed by atoms with van der Waals surface area (Å²) < 4.78 is 39.7. The molecule has 3 rings (SSSR count). The summed E-state index contributed by atoms with van der Waals surface area (Å²) in [5.74, 6) is -2.93. The van der Waals surface area contributed by atoms with Gasteiger partial charge in [0.15, 0.2) is 11.6 Å². The van der Waals surface area contributed by atoms with Crippen molar-refractivity contribution in [3.63, 3.8) is 0 Å². The van der Waals surface area contributed by atoms with Crippen LogP contribution < -0.4 is 5.32 Å². The highest BCUT2D eigenvalue weighted by Gasteiger charge is 2.24. The second-order valence-corrected chi connectivity index (χ2v) is 4.86. The van der Waals surface area contributed by atoms with E-state index >= 15 is 0 Å². The quantitative estimate of drug-likeness (QED) is 0.817. The number of hydrogen-bond donors (Lipinski definition) is 2. The van der Waals surface area contributed by atoms with E-state index in [1.807, 2.05) is 0 Å². The minimum atomic E-state index is -1.20. The van der Waals surface area contributed by atoms with Gasteiger partial charge in [0.1, 0.15) is 11.6 Å². The summed E-state index contributed by atoms with van der Waals surface area (Å²) >= 11 is 0. The highest BCUT2D eigenvalue weighted by Crippen LogP contribution is 2.36. The van der Waals surface area contributed by atoms with E-state index in [-0.39, 0.29) is 17.5 Å². The molecule has 1 unspecified atom stereocenters. The largest absolute Gasteiger partial charge is 0.508 e. The molecule has 2 aromatic carbocycles. The van der Waals surface area contributed by atoms with Gasteiger partial charge in [-0.05, 0) is 36.1 Å². The van der Waals surface area contributed by atoms with E-state index in [4.69, 9.17) is 0 Å². The number of phenolic OH excluding ortho intramolecular Hbond substituents is 1. The monoisotopic (exact) mass is 279 g/mol. The molecule has 0 saturated carbocycles. The topological polar surface area (TPSA) is 32.3 Å². The van der Waals surface area contributed by atoms with Crippen LogP contribution in [0.15, 0.2) is 30.3 Å². The average Bonchev–Trinajstić information content (AvgIpc) is 2.78. The molecule has 0 bridgehead atoms. The summed E-state index contributed by atoms with van der Waals surface area (Å²) in [6.45, 7) is 0. The number of benzene rings is 2. The number of aryl methyl sites for hydroxylation is 1. The third-order valence-corrected chi connectivity index (χ3v) is 3.54. The van der Waals surface area contributed by atoms with Crippen molar-refractivity contribution in [3.05, 3.63) is 58.9 Å². The van der Waals surface area contributed by atoms with Gasteiger partial charge in [-0.3, -0.25) is 0 Å². The Bertz CT molecular complexity index is 672. The Hall–Kier alpha value is -2.17. The summed E-state index contributed by atoms with van der Waals surface area (Å²) in [5.41, 5.74) is 1.85. The van der Waals surface area contributed by atoms with Crippen molar-refractivity contribution in [3.8, 4) is 5.75 Å². The lowest BCUT2D eigenvalue weighted by molar-refractivity contribution is 0.474.